The minimum Gasteiger partial charge on any atom is -0.459 e. The minimum absolute atomic E-state index is 0.135. The second-order valence-electron chi connectivity index (χ2n) is 6.86. The highest BCUT2D eigenvalue weighted by Crippen LogP contribution is 2.30. The van der Waals surface area contributed by atoms with Gasteiger partial charge in [0.25, 0.3) is 11.8 Å². The van der Waals surface area contributed by atoms with Gasteiger partial charge in [0.2, 0.25) is 0 Å². The van der Waals surface area contributed by atoms with Crippen LogP contribution in [0.4, 0.5) is 0 Å². The smallest absolute Gasteiger partial charge is 0.287 e. The zero-order valence-corrected chi connectivity index (χ0v) is 15.1. The molecule has 0 fully saturated rings. The summed E-state index contributed by atoms with van der Waals surface area (Å²) in [6, 6.07) is 9.14. The number of carbonyl (C=O) groups is 2. The van der Waals surface area contributed by atoms with E-state index in [2.05, 4.69) is 21.7 Å². The van der Waals surface area contributed by atoms with Gasteiger partial charge in [-0.1, -0.05) is 18.6 Å². The summed E-state index contributed by atoms with van der Waals surface area (Å²) in [5.41, 5.74) is 4.20. The van der Waals surface area contributed by atoms with Crippen LogP contribution in [0.15, 0.2) is 41.0 Å². The third kappa shape index (κ3) is 3.60. The number of furan rings is 1. The fourth-order valence-electron chi connectivity index (χ4n) is 3.74. The number of fused-ring (bicyclic) bond motifs is 3. The van der Waals surface area contributed by atoms with Gasteiger partial charge in [0.05, 0.1) is 17.3 Å². The van der Waals surface area contributed by atoms with Crippen LogP contribution in [0.25, 0.3) is 10.9 Å². The number of H-pyrrole nitrogens is 1. The average Bonchev–Trinajstić information content (AvgIpc) is 3.28. The van der Waals surface area contributed by atoms with Gasteiger partial charge in [0.15, 0.2) is 5.76 Å². The number of amides is 2. The highest BCUT2D eigenvalue weighted by atomic mass is 16.3. The van der Waals surface area contributed by atoms with Gasteiger partial charge >= 0.3 is 0 Å². The van der Waals surface area contributed by atoms with Crippen molar-refractivity contribution < 1.29 is 14.0 Å². The lowest BCUT2D eigenvalue weighted by Gasteiger charge is -2.07. The van der Waals surface area contributed by atoms with Crippen LogP contribution in [-0.2, 0) is 12.8 Å². The highest BCUT2D eigenvalue weighted by Gasteiger charge is 2.18. The van der Waals surface area contributed by atoms with Crippen molar-refractivity contribution in [3.05, 3.63) is 59.2 Å². The maximum Gasteiger partial charge on any atom is 0.287 e. The fourth-order valence-corrected chi connectivity index (χ4v) is 3.74. The summed E-state index contributed by atoms with van der Waals surface area (Å²) < 4.78 is 5.04. The lowest BCUT2D eigenvalue weighted by atomic mass is 10.0. The SMILES string of the molecule is O=C(NCCNC(=O)c1cccc2c3c([nH]c12)CCCCC3)c1ccco1. The Labute approximate surface area is 157 Å². The predicted molar refractivity (Wildman–Crippen MR) is 103 cm³/mol. The first-order chi connectivity index (χ1) is 13.2. The quantitative estimate of drug-likeness (QED) is 0.479. The Morgan fingerprint density at radius 2 is 1.78 bits per heavy atom. The molecule has 0 unspecified atom stereocenters. The number of para-hydroxylation sites is 1. The zero-order chi connectivity index (χ0) is 18.6. The van der Waals surface area contributed by atoms with Gasteiger partial charge in [0, 0.05) is 24.2 Å². The Morgan fingerprint density at radius 3 is 2.59 bits per heavy atom. The van der Waals surface area contributed by atoms with Crippen LogP contribution in [0.5, 0.6) is 0 Å². The molecule has 4 rings (SSSR count). The van der Waals surface area contributed by atoms with Crippen molar-refractivity contribution in [2.75, 3.05) is 13.1 Å². The lowest BCUT2D eigenvalue weighted by Crippen LogP contribution is -2.34. The Hall–Kier alpha value is -3.02. The third-order valence-electron chi connectivity index (χ3n) is 5.07. The number of carbonyl (C=O) groups excluding carboxylic acids is 2. The molecular weight excluding hydrogens is 342 g/mol. The lowest BCUT2D eigenvalue weighted by molar-refractivity contribution is 0.0911. The minimum atomic E-state index is -0.288. The van der Waals surface area contributed by atoms with Gasteiger partial charge in [-0.3, -0.25) is 9.59 Å². The summed E-state index contributed by atoms with van der Waals surface area (Å²) in [6.45, 7) is 0.685. The molecule has 0 bridgehead atoms. The van der Waals surface area contributed by atoms with Gasteiger partial charge in [0.1, 0.15) is 0 Å². The average molecular weight is 365 g/mol. The molecule has 3 N–H and O–H groups in total. The summed E-state index contributed by atoms with van der Waals surface area (Å²) in [4.78, 5) is 28.0. The summed E-state index contributed by atoms with van der Waals surface area (Å²) in [5, 5.41) is 6.76. The molecule has 0 saturated carbocycles. The molecule has 0 spiro atoms. The number of aryl methyl sites for hydroxylation is 2. The Morgan fingerprint density at radius 1 is 0.963 bits per heavy atom. The first kappa shape index (κ1) is 17.4. The summed E-state index contributed by atoms with van der Waals surface area (Å²) in [6.07, 6.45) is 7.22. The van der Waals surface area contributed by atoms with Gasteiger partial charge in [-0.2, -0.15) is 0 Å². The van der Waals surface area contributed by atoms with E-state index in [1.54, 1.807) is 12.1 Å². The van der Waals surface area contributed by atoms with Gasteiger partial charge < -0.3 is 20.0 Å². The Kier molecular flexibility index (Phi) is 4.96. The largest absolute Gasteiger partial charge is 0.459 e. The van der Waals surface area contributed by atoms with Crippen molar-refractivity contribution >= 4 is 22.7 Å². The van der Waals surface area contributed by atoms with E-state index in [9.17, 15) is 9.59 Å². The molecule has 6 heteroatoms. The second-order valence-corrected chi connectivity index (χ2v) is 6.86. The highest BCUT2D eigenvalue weighted by molar-refractivity contribution is 6.06. The summed E-state index contributed by atoms with van der Waals surface area (Å²) in [5.74, 6) is -0.160. The Bertz CT molecular complexity index is 957. The van der Waals surface area contributed by atoms with Gasteiger partial charge in [-0.05, 0) is 49.4 Å². The van der Waals surface area contributed by atoms with Crippen LogP contribution >= 0.6 is 0 Å². The van der Waals surface area contributed by atoms with Crippen LogP contribution in [-0.4, -0.2) is 29.9 Å². The maximum absolute atomic E-state index is 12.7. The van der Waals surface area contributed by atoms with E-state index in [-0.39, 0.29) is 17.6 Å². The monoisotopic (exact) mass is 365 g/mol. The molecule has 1 aliphatic rings. The molecule has 140 valence electrons. The number of aromatic nitrogens is 1. The van der Waals surface area contributed by atoms with Crippen LogP contribution in [0.1, 0.15) is 51.4 Å². The molecule has 0 radical (unpaired) electrons. The fraction of sp³-hybridized carbons (Fsp3) is 0.333. The van der Waals surface area contributed by atoms with E-state index in [1.807, 2.05) is 12.1 Å². The Balaban J connectivity index is 1.41. The van der Waals surface area contributed by atoms with E-state index < -0.39 is 0 Å². The molecule has 0 saturated heterocycles. The molecule has 0 atom stereocenters. The van der Waals surface area contributed by atoms with Crippen LogP contribution < -0.4 is 10.6 Å². The predicted octanol–water partition coefficient (Wildman–Crippen LogP) is 3.19. The van der Waals surface area contributed by atoms with Crippen molar-refractivity contribution in [1.29, 1.82) is 0 Å². The number of aromatic amines is 1. The molecule has 2 amide bonds. The van der Waals surface area contributed by atoms with E-state index in [4.69, 9.17) is 4.42 Å². The molecule has 1 aliphatic carbocycles. The summed E-state index contributed by atoms with van der Waals surface area (Å²) in [7, 11) is 0. The molecule has 3 aromatic rings. The standard InChI is InChI=1S/C21H23N3O3/c25-20(22-11-12-23-21(26)18-10-5-13-27-18)16-8-4-7-15-14-6-2-1-3-9-17(14)24-19(15)16/h4-5,7-8,10,13,24H,1-3,6,9,11-12H2,(H,22,25)(H,23,26). The summed E-state index contributed by atoms with van der Waals surface area (Å²) >= 11 is 0. The molecule has 2 aromatic heterocycles. The molecule has 1 aromatic carbocycles. The third-order valence-corrected chi connectivity index (χ3v) is 5.07. The van der Waals surface area contributed by atoms with E-state index >= 15 is 0 Å². The first-order valence-electron chi connectivity index (χ1n) is 9.46. The molecule has 6 nitrogen and oxygen atoms in total. The molecule has 27 heavy (non-hydrogen) atoms. The number of nitrogens with one attached hydrogen (secondary N) is 3. The second kappa shape index (κ2) is 7.70. The van der Waals surface area contributed by atoms with E-state index in [0.29, 0.717) is 18.7 Å². The topological polar surface area (TPSA) is 87.1 Å². The van der Waals surface area contributed by atoms with Gasteiger partial charge in [-0.15, -0.1) is 0 Å². The zero-order valence-electron chi connectivity index (χ0n) is 15.1. The van der Waals surface area contributed by atoms with Crippen molar-refractivity contribution in [2.45, 2.75) is 32.1 Å². The molecule has 0 aliphatic heterocycles. The number of rotatable bonds is 5. The van der Waals surface area contributed by atoms with Crippen LogP contribution in [0, 0.1) is 0 Å². The van der Waals surface area contributed by atoms with Crippen molar-refractivity contribution in [3.8, 4) is 0 Å². The number of benzene rings is 1. The van der Waals surface area contributed by atoms with Crippen molar-refractivity contribution in [1.82, 2.24) is 15.6 Å². The first-order valence-corrected chi connectivity index (χ1v) is 9.46. The molecule has 2 heterocycles. The van der Waals surface area contributed by atoms with Gasteiger partial charge in [-0.25, -0.2) is 0 Å². The van der Waals surface area contributed by atoms with Crippen molar-refractivity contribution in [2.24, 2.45) is 0 Å². The van der Waals surface area contributed by atoms with E-state index in [0.717, 1.165) is 23.7 Å². The van der Waals surface area contributed by atoms with Crippen molar-refractivity contribution in [3.63, 3.8) is 0 Å². The molecular formula is C21H23N3O3. The number of hydrogen-bond donors (Lipinski definition) is 3. The normalized spacial score (nSPS) is 13.8. The van der Waals surface area contributed by atoms with Crippen LogP contribution in [0.3, 0.4) is 0 Å². The number of hydrogen-bond acceptors (Lipinski definition) is 3. The maximum atomic E-state index is 12.7. The van der Waals surface area contributed by atoms with Crippen LogP contribution in [0.2, 0.25) is 0 Å². The van der Waals surface area contributed by atoms with E-state index in [1.165, 1.54) is 36.8 Å².